The Hall–Kier alpha value is -2.82. The van der Waals surface area contributed by atoms with Crippen LogP contribution in [0.5, 0.6) is 11.5 Å². The highest BCUT2D eigenvalue weighted by Gasteiger charge is 2.45. The zero-order valence-electron chi connectivity index (χ0n) is 16.0. The van der Waals surface area contributed by atoms with Crippen LogP contribution in [0, 0.1) is 0 Å². The molecule has 3 rings (SSSR count). The molecule has 0 aliphatic carbocycles. The monoisotopic (exact) mass is 418 g/mol. The smallest absolute Gasteiger partial charge is 0.229 e. The molecule has 0 spiro atoms. The summed E-state index contributed by atoms with van der Waals surface area (Å²) >= 11 is 0. The summed E-state index contributed by atoms with van der Waals surface area (Å²) in [6.07, 6.45) is -7.75. The number of phenols is 1. The molecule has 0 radical (unpaired) electrons. The standard InChI is InChI=1S/C21H22O9/c1-10(23)12-7-8-13(15(17(12)25)16(24)11-5-3-2-4-6-11)29-21-20(28)19(27)18(26)14(9-22)30-21/h2-8,14,18-22,25-28H,9H2,1H3/t14-,18-,19+,20-,21-/m1/s1. The van der Waals surface area contributed by atoms with Crippen LogP contribution in [0.2, 0.25) is 0 Å². The topological polar surface area (TPSA) is 154 Å². The van der Waals surface area contributed by atoms with Gasteiger partial charge in [-0.25, -0.2) is 0 Å². The molecule has 160 valence electrons. The molecule has 1 heterocycles. The summed E-state index contributed by atoms with van der Waals surface area (Å²) in [4.78, 5) is 24.9. The molecule has 0 aromatic heterocycles. The molecule has 9 heteroatoms. The molecular weight excluding hydrogens is 396 g/mol. The van der Waals surface area contributed by atoms with Gasteiger partial charge in [0.1, 0.15) is 41.5 Å². The van der Waals surface area contributed by atoms with Crippen LogP contribution in [0.3, 0.4) is 0 Å². The van der Waals surface area contributed by atoms with Gasteiger partial charge in [-0.05, 0) is 19.1 Å². The number of carbonyl (C=O) groups excluding carboxylic acids is 2. The molecule has 2 aromatic rings. The predicted octanol–water partition coefficient (Wildman–Crippen LogP) is 0.00450. The molecule has 0 bridgehead atoms. The zero-order chi connectivity index (χ0) is 22.0. The van der Waals surface area contributed by atoms with Gasteiger partial charge in [0.15, 0.2) is 5.78 Å². The van der Waals surface area contributed by atoms with E-state index in [4.69, 9.17) is 9.47 Å². The van der Waals surface area contributed by atoms with Crippen LogP contribution >= 0.6 is 0 Å². The lowest BCUT2D eigenvalue weighted by Crippen LogP contribution is -2.60. The Balaban J connectivity index is 2.03. The fourth-order valence-electron chi connectivity index (χ4n) is 3.20. The molecule has 5 atom stereocenters. The summed E-state index contributed by atoms with van der Waals surface area (Å²) in [6, 6.07) is 10.5. The van der Waals surface area contributed by atoms with E-state index in [0.29, 0.717) is 0 Å². The number of ketones is 2. The molecule has 9 nitrogen and oxygen atoms in total. The van der Waals surface area contributed by atoms with Gasteiger partial charge in [-0.3, -0.25) is 9.59 Å². The number of aliphatic hydroxyl groups is 4. The summed E-state index contributed by atoms with van der Waals surface area (Å²) in [6.45, 7) is 0.569. The van der Waals surface area contributed by atoms with Crippen LogP contribution < -0.4 is 4.74 Å². The Morgan fingerprint density at radius 1 is 1.00 bits per heavy atom. The molecule has 2 aromatic carbocycles. The van der Waals surface area contributed by atoms with Gasteiger partial charge in [0, 0.05) is 5.56 Å². The molecular formula is C21H22O9. The highest BCUT2D eigenvalue weighted by Crippen LogP contribution is 2.35. The number of hydrogen-bond donors (Lipinski definition) is 5. The van der Waals surface area contributed by atoms with Crippen molar-refractivity contribution in [1.82, 2.24) is 0 Å². The summed E-state index contributed by atoms with van der Waals surface area (Å²) < 4.78 is 10.9. The number of Topliss-reactive ketones (excluding diaryl/α,β-unsaturated/α-hetero) is 1. The fourth-order valence-corrected chi connectivity index (χ4v) is 3.20. The fraction of sp³-hybridized carbons (Fsp3) is 0.333. The summed E-state index contributed by atoms with van der Waals surface area (Å²) in [5, 5.41) is 50.0. The second-order valence-electron chi connectivity index (χ2n) is 6.90. The lowest BCUT2D eigenvalue weighted by Gasteiger charge is -2.39. The highest BCUT2D eigenvalue weighted by atomic mass is 16.7. The van der Waals surface area contributed by atoms with E-state index >= 15 is 0 Å². The number of carbonyl (C=O) groups is 2. The van der Waals surface area contributed by atoms with Crippen LogP contribution in [0.25, 0.3) is 0 Å². The van der Waals surface area contributed by atoms with E-state index in [0.717, 1.165) is 0 Å². The van der Waals surface area contributed by atoms with Crippen molar-refractivity contribution in [3.63, 3.8) is 0 Å². The maximum atomic E-state index is 13.0. The first-order valence-corrected chi connectivity index (χ1v) is 9.20. The Morgan fingerprint density at radius 2 is 1.67 bits per heavy atom. The van der Waals surface area contributed by atoms with Crippen LogP contribution in [0.4, 0.5) is 0 Å². The molecule has 5 N–H and O–H groups in total. The van der Waals surface area contributed by atoms with E-state index in [1.54, 1.807) is 18.2 Å². The average Bonchev–Trinajstić information content (AvgIpc) is 2.74. The first-order valence-electron chi connectivity index (χ1n) is 9.20. The Bertz CT molecular complexity index is 926. The molecule has 1 saturated heterocycles. The molecule has 1 aliphatic rings. The van der Waals surface area contributed by atoms with E-state index in [2.05, 4.69) is 0 Å². The van der Waals surface area contributed by atoms with Gasteiger partial charge >= 0.3 is 0 Å². The normalized spacial score (nSPS) is 26.2. The van der Waals surface area contributed by atoms with Crippen molar-refractivity contribution >= 4 is 11.6 Å². The number of aromatic hydroxyl groups is 1. The van der Waals surface area contributed by atoms with E-state index in [9.17, 15) is 35.1 Å². The van der Waals surface area contributed by atoms with Gasteiger partial charge in [0.05, 0.1) is 12.2 Å². The number of hydrogen-bond acceptors (Lipinski definition) is 9. The van der Waals surface area contributed by atoms with Crippen molar-refractivity contribution in [2.45, 2.75) is 37.6 Å². The largest absolute Gasteiger partial charge is 0.506 e. The molecule has 0 saturated carbocycles. The summed E-state index contributed by atoms with van der Waals surface area (Å²) in [5.74, 6) is -1.93. The van der Waals surface area contributed by atoms with E-state index in [1.165, 1.54) is 31.2 Å². The highest BCUT2D eigenvalue weighted by molar-refractivity contribution is 6.14. The first kappa shape index (κ1) is 21.9. The van der Waals surface area contributed by atoms with Crippen molar-refractivity contribution in [2.24, 2.45) is 0 Å². The van der Waals surface area contributed by atoms with Gasteiger partial charge in [0.2, 0.25) is 12.1 Å². The van der Waals surface area contributed by atoms with Gasteiger partial charge < -0.3 is 35.0 Å². The van der Waals surface area contributed by atoms with Crippen LogP contribution in [-0.4, -0.2) is 74.4 Å². The van der Waals surface area contributed by atoms with E-state index in [-0.39, 0.29) is 22.4 Å². The van der Waals surface area contributed by atoms with Crippen LogP contribution in [0.1, 0.15) is 33.2 Å². The third-order valence-corrected chi connectivity index (χ3v) is 4.87. The zero-order valence-corrected chi connectivity index (χ0v) is 16.0. The molecule has 30 heavy (non-hydrogen) atoms. The van der Waals surface area contributed by atoms with Gasteiger partial charge in [-0.15, -0.1) is 0 Å². The third-order valence-electron chi connectivity index (χ3n) is 4.87. The second-order valence-corrected chi connectivity index (χ2v) is 6.90. The van der Waals surface area contributed by atoms with Gasteiger partial charge in [0.25, 0.3) is 0 Å². The Morgan fingerprint density at radius 3 is 2.27 bits per heavy atom. The predicted molar refractivity (Wildman–Crippen MR) is 102 cm³/mol. The van der Waals surface area contributed by atoms with Gasteiger partial charge in [-0.1, -0.05) is 30.3 Å². The Kier molecular flexibility index (Phi) is 6.49. The lowest BCUT2D eigenvalue weighted by molar-refractivity contribution is -0.277. The number of phenolic OH excluding ortho intramolecular Hbond substituents is 1. The quantitative estimate of drug-likeness (QED) is 0.408. The van der Waals surface area contributed by atoms with Crippen molar-refractivity contribution in [3.05, 3.63) is 59.2 Å². The summed E-state index contributed by atoms with van der Waals surface area (Å²) in [7, 11) is 0. The van der Waals surface area contributed by atoms with Gasteiger partial charge in [-0.2, -0.15) is 0 Å². The SMILES string of the molecule is CC(=O)c1ccc(O[C@@H]2O[C@H](CO)[C@@H](O)[C@H](O)[C@H]2O)c(C(=O)c2ccccc2)c1O. The van der Waals surface area contributed by atoms with Crippen LogP contribution in [0.15, 0.2) is 42.5 Å². The van der Waals surface area contributed by atoms with E-state index < -0.39 is 54.6 Å². The van der Waals surface area contributed by atoms with E-state index in [1.807, 2.05) is 0 Å². The maximum absolute atomic E-state index is 13.0. The lowest BCUT2D eigenvalue weighted by atomic mass is 9.97. The minimum atomic E-state index is -1.71. The Labute approximate surface area is 171 Å². The van der Waals surface area contributed by atoms with Crippen LogP contribution in [-0.2, 0) is 4.74 Å². The first-order chi connectivity index (χ1) is 14.3. The molecule has 1 fully saturated rings. The molecule has 1 aliphatic heterocycles. The number of ether oxygens (including phenoxy) is 2. The molecule has 0 unspecified atom stereocenters. The summed E-state index contributed by atoms with van der Waals surface area (Å²) in [5.41, 5.74) is -0.214. The van der Waals surface area contributed by atoms with Crippen molar-refractivity contribution in [1.29, 1.82) is 0 Å². The number of benzene rings is 2. The number of aliphatic hydroxyl groups excluding tert-OH is 4. The average molecular weight is 418 g/mol. The minimum Gasteiger partial charge on any atom is -0.506 e. The second kappa shape index (κ2) is 8.90. The number of rotatable bonds is 6. The minimum absolute atomic E-state index is 0.101. The van der Waals surface area contributed by atoms with Crippen molar-refractivity contribution < 1.29 is 44.6 Å². The maximum Gasteiger partial charge on any atom is 0.229 e. The van der Waals surface area contributed by atoms with Crippen molar-refractivity contribution in [3.8, 4) is 11.5 Å². The molecule has 0 amide bonds. The van der Waals surface area contributed by atoms with Crippen molar-refractivity contribution in [2.75, 3.05) is 6.61 Å². The third kappa shape index (κ3) is 4.07.